The predicted octanol–water partition coefficient (Wildman–Crippen LogP) is 0.914. The van der Waals surface area contributed by atoms with E-state index < -0.39 is 0 Å². The molecule has 0 aromatic heterocycles. The van der Waals surface area contributed by atoms with Crippen LogP contribution in [0.2, 0.25) is 0 Å². The molecule has 0 aliphatic rings. The first-order chi connectivity index (χ1) is 11.2. The molecule has 5 heteroatoms. The summed E-state index contributed by atoms with van der Waals surface area (Å²) >= 11 is 0. The first-order valence-electron chi connectivity index (χ1n) is 7.22. The molecule has 114 valence electrons. The molecular weight excluding hydrogens is 311 g/mol. The normalized spacial score (nSPS) is 9.67. The Morgan fingerprint density at radius 3 is 1.83 bits per heavy atom. The minimum atomic E-state index is -0.306. The van der Waals surface area contributed by atoms with Gasteiger partial charge < -0.3 is 15.4 Å². The average molecular weight is 326 g/mol. The van der Waals surface area contributed by atoms with Crippen molar-refractivity contribution in [1.82, 2.24) is 0 Å². The second-order valence-corrected chi connectivity index (χ2v) is 4.99. The van der Waals surface area contributed by atoms with Gasteiger partial charge in [-0.25, -0.2) is 0 Å². The third-order valence-electron chi connectivity index (χ3n) is 3.37. The van der Waals surface area contributed by atoms with Crippen LogP contribution in [0.15, 0.2) is 78.9 Å². The van der Waals surface area contributed by atoms with Crippen LogP contribution in [-0.4, -0.2) is 11.8 Å². The van der Waals surface area contributed by atoms with Crippen LogP contribution in [0.1, 0.15) is 20.7 Å². The van der Waals surface area contributed by atoms with Crippen molar-refractivity contribution in [3.63, 3.8) is 0 Å². The molecule has 0 unspecified atom stereocenters. The number of carbonyl (C=O) groups excluding carboxylic acids is 2. The van der Waals surface area contributed by atoms with E-state index >= 15 is 0 Å². The average Bonchev–Trinajstić information content (AvgIpc) is 3.06. The molecule has 3 rings (SSSR count). The van der Waals surface area contributed by atoms with Crippen LogP contribution in [0.5, 0.6) is 0 Å². The molecule has 0 bridgehead atoms. The molecule has 4 nitrogen and oxygen atoms in total. The number of rotatable bonds is 4. The summed E-state index contributed by atoms with van der Waals surface area (Å²) in [7, 11) is 0. The Balaban J connectivity index is 0.00000208. The molecule has 0 fully saturated rings. The van der Waals surface area contributed by atoms with Crippen LogP contribution in [0.3, 0.4) is 0 Å². The molecule has 3 aromatic carbocycles. The topological polar surface area (TPSA) is 58.2 Å². The van der Waals surface area contributed by atoms with E-state index in [-0.39, 0.29) is 41.4 Å². The summed E-state index contributed by atoms with van der Waals surface area (Å²) in [6.07, 6.45) is 0. The molecule has 0 atom stereocenters. The minimum absolute atomic E-state index is 0. The Kier molecular flexibility index (Phi) is 6.44. The summed E-state index contributed by atoms with van der Waals surface area (Å²) in [6, 6.07) is 23.2. The number of hydrogen-bond acceptors (Lipinski definition) is 2. The van der Waals surface area contributed by atoms with Crippen molar-refractivity contribution in [2.45, 2.75) is 0 Å². The third-order valence-corrected chi connectivity index (χ3v) is 3.37. The standard InChI is InChI=1S/C19H15N2O2.Na/c22-18(20-14-8-3-1-4-9-14)16-12-7-13-17(16)19(23)21-15-10-5-2-6-11-15;/h1-13H,(H,20,22)(H,21,23);/q-1;+1. The van der Waals surface area contributed by atoms with E-state index in [1.54, 1.807) is 42.5 Å². The summed E-state index contributed by atoms with van der Waals surface area (Å²) in [6.45, 7) is 0. The van der Waals surface area contributed by atoms with E-state index in [1.165, 1.54) is 0 Å². The minimum Gasteiger partial charge on any atom is -0.362 e. The monoisotopic (exact) mass is 326 g/mol. The number of carbonyl (C=O) groups is 2. The zero-order valence-electron chi connectivity index (χ0n) is 13.3. The Morgan fingerprint density at radius 2 is 1.25 bits per heavy atom. The van der Waals surface area contributed by atoms with Crippen LogP contribution in [0.4, 0.5) is 11.4 Å². The van der Waals surface area contributed by atoms with Gasteiger partial charge in [0.1, 0.15) is 0 Å². The van der Waals surface area contributed by atoms with Crippen LogP contribution in [-0.2, 0) is 0 Å². The largest absolute Gasteiger partial charge is 1.00 e. The van der Waals surface area contributed by atoms with Crippen LogP contribution >= 0.6 is 0 Å². The Bertz CT molecular complexity index is 746. The maximum atomic E-state index is 12.4. The molecule has 2 amide bonds. The van der Waals surface area contributed by atoms with Crippen molar-refractivity contribution in [3.8, 4) is 0 Å². The Hall–Kier alpha value is -2.27. The van der Waals surface area contributed by atoms with E-state index in [0.717, 1.165) is 0 Å². The summed E-state index contributed by atoms with van der Waals surface area (Å²) in [5.74, 6) is -0.612. The van der Waals surface area contributed by atoms with Gasteiger partial charge in [-0.05, 0) is 29.8 Å². The van der Waals surface area contributed by atoms with Crippen LogP contribution < -0.4 is 40.2 Å². The zero-order valence-corrected chi connectivity index (χ0v) is 15.3. The number of hydrogen-bond donors (Lipinski definition) is 2. The smallest absolute Gasteiger partial charge is 0.362 e. The van der Waals surface area contributed by atoms with Crippen molar-refractivity contribution in [2.24, 2.45) is 0 Å². The molecule has 24 heavy (non-hydrogen) atoms. The fraction of sp³-hybridized carbons (Fsp3) is 0. The molecule has 0 radical (unpaired) electrons. The van der Waals surface area contributed by atoms with Crippen LogP contribution in [0, 0.1) is 0 Å². The molecule has 0 saturated heterocycles. The molecular formula is C19H15N2NaO2. The fourth-order valence-electron chi connectivity index (χ4n) is 2.26. The molecule has 0 saturated carbocycles. The number of amides is 2. The van der Waals surface area contributed by atoms with Gasteiger partial charge in [0.15, 0.2) is 5.91 Å². The van der Waals surface area contributed by atoms with Crippen LogP contribution in [0.25, 0.3) is 0 Å². The van der Waals surface area contributed by atoms with Gasteiger partial charge in [0, 0.05) is 11.4 Å². The van der Waals surface area contributed by atoms with Crippen molar-refractivity contribution in [1.29, 1.82) is 0 Å². The van der Waals surface area contributed by atoms with Gasteiger partial charge >= 0.3 is 29.6 Å². The van der Waals surface area contributed by atoms with Gasteiger partial charge in [-0.1, -0.05) is 42.0 Å². The summed E-state index contributed by atoms with van der Waals surface area (Å²) in [4.78, 5) is 24.7. The van der Waals surface area contributed by atoms with Gasteiger partial charge in [0.05, 0.1) is 0 Å². The van der Waals surface area contributed by atoms with E-state index in [2.05, 4.69) is 10.6 Å². The van der Waals surface area contributed by atoms with Crippen molar-refractivity contribution < 1.29 is 39.1 Å². The SMILES string of the molecule is O=C(Nc1ccccc1)c1ccc[c-]1C(=O)Nc1ccccc1.[Na+]. The van der Waals surface area contributed by atoms with Crippen molar-refractivity contribution >= 4 is 23.2 Å². The molecule has 0 spiro atoms. The van der Waals surface area contributed by atoms with E-state index in [4.69, 9.17) is 0 Å². The fourth-order valence-corrected chi connectivity index (χ4v) is 2.26. The van der Waals surface area contributed by atoms with E-state index in [0.29, 0.717) is 22.5 Å². The van der Waals surface area contributed by atoms with Gasteiger partial charge in [0.25, 0.3) is 0 Å². The molecule has 0 heterocycles. The molecule has 2 N–H and O–H groups in total. The van der Waals surface area contributed by atoms with Crippen molar-refractivity contribution in [2.75, 3.05) is 10.6 Å². The molecule has 3 aromatic rings. The third kappa shape index (κ3) is 4.38. The quantitative estimate of drug-likeness (QED) is 0.553. The van der Waals surface area contributed by atoms with Gasteiger partial charge in [0.2, 0.25) is 5.91 Å². The second kappa shape index (κ2) is 8.55. The first kappa shape index (κ1) is 18.1. The summed E-state index contributed by atoms with van der Waals surface area (Å²) in [5, 5.41) is 5.57. The van der Waals surface area contributed by atoms with Gasteiger partial charge in [-0.3, -0.25) is 4.79 Å². The maximum absolute atomic E-state index is 12.4. The number of nitrogens with one attached hydrogen (secondary N) is 2. The van der Waals surface area contributed by atoms with E-state index in [9.17, 15) is 9.59 Å². The maximum Gasteiger partial charge on any atom is 1.00 e. The Labute approximate surface area is 162 Å². The predicted molar refractivity (Wildman–Crippen MR) is 90.8 cm³/mol. The second-order valence-electron chi connectivity index (χ2n) is 4.99. The number of para-hydroxylation sites is 2. The van der Waals surface area contributed by atoms with Gasteiger partial charge in [-0.15, -0.1) is 6.07 Å². The number of anilines is 2. The number of benzene rings is 2. The van der Waals surface area contributed by atoms with E-state index in [1.807, 2.05) is 36.4 Å². The van der Waals surface area contributed by atoms with Gasteiger partial charge in [-0.2, -0.15) is 12.1 Å². The molecule has 0 aliphatic carbocycles. The molecule has 0 aliphatic heterocycles. The van der Waals surface area contributed by atoms with Crippen molar-refractivity contribution in [3.05, 3.63) is 90.0 Å². The summed E-state index contributed by atoms with van der Waals surface area (Å²) in [5.41, 5.74) is 2.07. The Morgan fingerprint density at radius 1 is 0.708 bits per heavy atom. The summed E-state index contributed by atoms with van der Waals surface area (Å²) < 4.78 is 0. The first-order valence-corrected chi connectivity index (χ1v) is 7.22. The zero-order chi connectivity index (χ0) is 16.1.